The van der Waals surface area contributed by atoms with Crippen LogP contribution in [0.3, 0.4) is 0 Å². The minimum absolute atomic E-state index is 0.112. The number of benzene rings is 1. The van der Waals surface area contributed by atoms with E-state index in [-0.39, 0.29) is 17.7 Å². The van der Waals surface area contributed by atoms with Crippen molar-refractivity contribution in [2.75, 3.05) is 11.9 Å². The van der Waals surface area contributed by atoms with E-state index in [4.69, 9.17) is 4.52 Å². The van der Waals surface area contributed by atoms with Gasteiger partial charge in [0, 0.05) is 18.9 Å². The van der Waals surface area contributed by atoms with Gasteiger partial charge in [-0.3, -0.25) is 9.59 Å². The molecular weight excluding hydrogens is 388 g/mol. The maximum absolute atomic E-state index is 12.4. The number of nitrogens with zero attached hydrogens (tertiary/aromatic N) is 2. The summed E-state index contributed by atoms with van der Waals surface area (Å²) in [6, 6.07) is 9.26. The molecule has 2 amide bonds. The zero-order chi connectivity index (χ0) is 20.8. The molecule has 0 bridgehead atoms. The molecule has 0 saturated carbocycles. The second kappa shape index (κ2) is 9.47. The Morgan fingerprint density at radius 1 is 1.21 bits per heavy atom. The lowest BCUT2D eigenvalue weighted by Crippen LogP contribution is -2.24. The van der Waals surface area contributed by atoms with Gasteiger partial charge in [-0.15, -0.1) is 11.3 Å². The summed E-state index contributed by atoms with van der Waals surface area (Å²) in [6.45, 7) is 6.34. The molecule has 0 aliphatic rings. The molecule has 0 fully saturated rings. The molecule has 152 valence electrons. The fourth-order valence-corrected chi connectivity index (χ4v) is 3.38. The Hall–Kier alpha value is -3.00. The number of anilines is 1. The van der Waals surface area contributed by atoms with Gasteiger partial charge in [0.1, 0.15) is 0 Å². The summed E-state index contributed by atoms with van der Waals surface area (Å²) in [5, 5.41) is 11.6. The molecule has 0 aliphatic carbocycles. The summed E-state index contributed by atoms with van der Waals surface area (Å²) < 4.78 is 5.39. The van der Waals surface area contributed by atoms with Crippen LogP contribution in [0, 0.1) is 6.92 Å². The zero-order valence-corrected chi connectivity index (χ0v) is 17.5. The van der Waals surface area contributed by atoms with Crippen molar-refractivity contribution in [2.24, 2.45) is 0 Å². The van der Waals surface area contributed by atoms with Crippen molar-refractivity contribution in [3.8, 4) is 11.5 Å². The average molecular weight is 413 g/mol. The van der Waals surface area contributed by atoms with Crippen LogP contribution >= 0.6 is 11.3 Å². The molecular formula is C21H24N4O3S. The van der Waals surface area contributed by atoms with E-state index in [9.17, 15) is 9.59 Å². The molecule has 7 nitrogen and oxygen atoms in total. The highest BCUT2D eigenvalue weighted by Crippen LogP contribution is 2.30. The van der Waals surface area contributed by atoms with E-state index in [1.165, 1.54) is 11.3 Å². The van der Waals surface area contributed by atoms with Gasteiger partial charge in [0.2, 0.25) is 5.91 Å². The largest absolute Gasteiger partial charge is 0.351 e. The van der Waals surface area contributed by atoms with Crippen LogP contribution in [0.1, 0.15) is 53.7 Å². The Bertz CT molecular complexity index is 980. The lowest BCUT2D eigenvalue weighted by molar-refractivity contribution is -0.116. The van der Waals surface area contributed by atoms with Crippen LogP contribution in [0.4, 0.5) is 5.69 Å². The highest BCUT2D eigenvalue weighted by atomic mass is 32.1. The van der Waals surface area contributed by atoms with Crippen molar-refractivity contribution < 1.29 is 14.1 Å². The number of carbonyl (C=O) groups excluding carboxylic acids is 2. The van der Waals surface area contributed by atoms with E-state index < -0.39 is 0 Å². The van der Waals surface area contributed by atoms with Gasteiger partial charge in [-0.05, 0) is 36.4 Å². The monoisotopic (exact) mass is 412 g/mol. The highest BCUT2D eigenvalue weighted by Gasteiger charge is 2.17. The Labute approximate surface area is 173 Å². The van der Waals surface area contributed by atoms with Gasteiger partial charge in [-0.25, -0.2) is 0 Å². The van der Waals surface area contributed by atoms with Gasteiger partial charge in [0.15, 0.2) is 5.82 Å². The van der Waals surface area contributed by atoms with E-state index in [1.807, 2.05) is 50.4 Å². The molecule has 2 aromatic heterocycles. The molecule has 0 spiro atoms. The quantitative estimate of drug-likeness (QED) is 0.535. The molecule has 29 heavy (non-hydrogen) atoms. The second-order valence-corrected chi connectivity index (χ2v) is 7.94. The third-order valence-corrected chi connectivity index (χ3v) is 5.21. The SMILES string of the molecule is Cc1cccc(-c2nc(C(C)C)no2)c1NC(=O)CCCNC(=O)c1cccs1. The van der Waals surface area contributed by atoms with Crippen molar-refractivity contribution in [1.82, 2.24) is 15.5 Å². The number of aromatic nitrogens is 2. The van der Waals surface area contributed by atoms with Crippen LogP contribution in [-0.2, 0) is 4.79 Å². The molecule has 3 aromatic rings. The molecule has 0 unspecified atom stereocenters. The van der Waals surface area contributed by atoms with E-state index in [2.05, 4.69) is 20.8 Å². The fourth-order valence-electron chi connectivity index (χ4n) is 2.74. The summed E-state index contributed by atoms with van der Waals surface area (Å²) in [5.41, 5.74) is 2.27. The number of hydrogen-bond donors (Lipinski definition) is 2. The first-order chi connectivity index (χ1) is 14.0. The smallest absolute Gasteiger partial charge is 0.261 e. The first kappa shape index (κ1) is 20.7. The number of hydrogen-bond acceptors (Lipinski definition) is 6. The molecule has 1 aromatic carbocycles. The van der Waals surface area contributed by atoms with Crippen LogP contribution in [0.2, 0.25) is 0 Å². The predicted octanol–water partition coefficient (Wildman–Crippen LogP) is 4.38. The van der Waals surface area contributed by atoms with Gasteiger partial charge in [0.25, 0.3) is 11.8 Å². The van der Waals surface area contributed by atoms with Gasteiger partial charge >= 0.3 is 0 Å². The molecule has 0 radical (unpaired) electrons. The number of aryl methyl sites for hydroxylation is 1. The minimum atomic E-state index is -0.130. The van der Waals surface area contributed by atoms with E-state index in [0.29, 0.717) is 47.2 Å². The van der Waals surface area contributed by atoms with Crippen molar-refractivity contribution in [3.05, 3.63) is 52.0 Å². The zero-order valence-electron chi connectivity index (χ0n) is 16.7. The minimum Gasteiger partial charge on any atom is -0.351 e. The fraction of sp³-hybridized carbons (Fsp3) is 0.333. The Morgan fingerprint density at radius 3 is 2.72 bits per heavy atom. The Balaban J connectivity index is 1.59. The maximum Gasteiger partial charge on any atom is 0.261 e. The number of carbonyl (C=O) groups is 2. The summed E-state index contributed by atoms with van der Waals surface area (Å²) in [7, 11) is 0. The van der Waals surface area contributed by atoms with Crippen molar-refractivity contribution in [1.29, 1.82) is 0 Å². The predicted molar refractivity (Wildman–Crippen MR) is 113 cm³/mol. The third-order valence-electron chi connectivity index (χ3n) is 4.34. The molecule has 0 aliphatic heterocycles. The number of para-hydroxylation sites is 1. The van der Waals surface area contributed by atoms with E-state index >= 15 is 0 Å². The highest BCUT2D eigenvalue weighted by molar-refractivity contribution is 7.12. The summed E-state index contributed by atoms with van der Waals surface area (Å²) in [4.78, 5) is 29.5. The number of amides is 2. The molecule has 0 atom stereocenters. The summed E-state index contributed by atoms with van der Waals surface area (Å²) in [6.07, 6.45) is 0.835. The molecule has 2 N–H and O–H groups in total. The maximum atomic E-state index is 12.4. The molecule has 2 heterocycles. The normalized spacial score (nSPS) is 10.9. The van der Waals surface area contributed by atoms with Gasteiger partial charge in [-0.2, -0.15) is 4.98 Å². The number of rotatable bonds is 8. The standard InChI is InChI=1S/C21H24N4O3S/c1-13(2)19-24-21(28-25-19)15-8-4-7-14(3)18(15)23-17(26)10-5-11-22-20(27)16-9-6-12-29-16/h4,6-9,12-13H,5,10-11H2,1-3H3,(H,22,27)(H,23,26). The van der Waals surface area contributed by atoms with Crippen LogP contribution in [-0.4, -0.2) is 28.5 Å². The number of nitrogens with one attached hydrogen (secondary N) is 2. The van der Waals surface area contributed by atoms with Crippen LogP contribution < -0.4 is 10.6 Å². The first-order valence-corrected chi connectivity index (χ1v) is 10.4. The summed E-state index contributed by atoms with van der Waals surface area (Å²) in [5.74, 6) is 0.921. The molecule has 3 rings (SSSR count). The van der Waals surface area contributed by atoms with E-state index in [0.717, 1.165) is 5.56 Å². The first-order valence-electron chi connectivity index (χ1n) is 9.51. The molecule has 0 saturated heterocycles. The van der Waals surface area contributed by atoms with Crippen molar-refractivity contribution >= 4 is 28.8 Å². The van der Waals surface area contributed by atoms with Crippen LogP contribution in [0.25, 0.3) is 11.5 Å². The van der Waals surface area contributed by atoms with Crippen LogP contribution in [0.15, 0.2) is 40.2 Å². The van der Waals surface area contributed by atoms with Gasteiger partial charge in [0.05, 0.1) is 16.1 Å². The van der Waals surface area contributed by atoms with Crippen LogP contribution in [0.5, 0.6) is 0 Å². The van der Waals surface area contributed by atoms with E-state index in [1.54, 1.807) is 6.07 Å². The van der Waals surface area contributed by atoms with Crippen molar-refractivity contribution in [3.63, 3.8) is 0 Å². The lowest BCUT2D eigenvalue weighted by atomic mass is 10.1. The summed E-state index contributed by atoms with van der Waals surface area (Å²) >= 11 is 1.39. The topological polar surface area (TPSA) is 97.1 Å². The second-order valence-electron chi connectivity index (χ2n) is 6.99. The number of thiophene rings is 1. The average Bonchev–Trinajstić information content (AvgIpc) is 3.38. The van der Waals surface area contributed by atoms with Gasteiger partial charge in [-0.1, -0.05) is 37.2 Å². The molecule has 8 heteroatoms. The van der Waals surface area contributed by atoms with Gasteiger partial charge < -0.3 is 15.2 Å². The Kier molecular flexibility index (Phi) is 6.77. The third kappa shape index (κ3) is 5.29. The van der Waals surface area contributed by atoms with Crippen molar-refractivity contribution in [2.45, 2.75) is 39.5 Å². The Morgan fingerprint density at radius 2 is 2.03 bits per heavy atom. The lowest BCUT2D eigenvalue weighted by Gasteiger charge is -2.12.